The van der Waals surface area contributed by atoms with E-state index in [4.69, 9.17) is 20.9 Å². The molecule has 0 atom stereocenters. The van der Waals surface area contributed by atoms with Gasteiger partial charge in [-0.3, -0.25) is 9.69 Å². The standard InChI is InChI=1S/C23H33N5O4/c1-3-31-22(32-4-2)16-28(20-10-8-17(13-24)9-11-20)23(30)26-15-21(29)27-19-7-5-6-18(12-19)14-25/h5-12,22H,3-4,13-16,24-25H2,1-2H3,(H,26,30)(H,27,29). The molecule has 9 heteroatoms. The predicted molar refractivity (Wildman–Crippen MR) is 125 cm³/mol. The van der Waals surface area contributed by atoms with Gasteiger partial charge in [0, 0.05) is 37.7 Å². The van der Waals surface area contributed by atoms with Crippen molar-refractivity contribution in [1.82, 2.24) is 5.32 Å². The fraction of sp³-hybridized carbons (Fsp3) is 0.391. The first-order valence-corrected chi connectivity index (χ1v) is 10.7. The largest absolute Gasteiger partial charge is 0.351 e. The van der Waals surface area contributed by atoms with E-state index in [1.165, 1.54) is 4.90 Å². The molecule has 0 spiro atoms. The summed E-state index contributed by atoms with van der Waals surface area (Å²) in [6, 6.07) is 14.1. The summed E-state index contributed by atoms with van der Waals surface area (Å²) in [4.78, 5) is 26.8. The van der Waals surface area contributed by atoms with Gasteiger partial charge in [0.2, 0.25) is 5.91 Å². The Balaban J connectivity index is 2.07. The van der Waals surface area contributed by atoms with Crippen LogP contribution in [0.3, 0.4) is 0 Å². The van der Waals surface area contributed by atoms with E-state index in [1.54, 1.807) is 24.3 Å². The molecule has 6 N–H and O–H groups in total. The third-order valence-corrected chi connectivity index (χ3v) is 4.61. The molecule has 0 heterocycles. The van der Waals surface area contributed by atoms with Gasteiger partial charge >= 0.3 is 6.03 Å². The van der Waals surface area contributed by atoms with Gasteiger partial charge in [0.1, 0.15) is 0 Å². The number of nitrogens with one attached hydrogen (secondary N) is 2. The number of benzene rings is 2. The van der Waals surface area contributed by atoms with Crippen LogP contribution in [0.4, 0.5) is 16.2 Å². The average Bonchev–Trinajstić information content (AvgIpc) is 2.81. The molecule has 0 saturated carbocycles. The molecule has 2 rings (SSSR count). The minimum Gasteiger partial charge on any atom is -0.351 e. The molecular weight excluding hydrogens is 410 g/mol. The van der Waals surface area contributed by atoms with Crippen molar-refractivity contribution in [1.29, 1.82) is 0 Å². The van der Waals surface area contributed by atoms with E-state index in [2.05, 4.69) is 10.6 Å². The van der Waals surface area contributed by atoms with E-state index in [0.29, 0.717) is 37.7 Å². The number of rotatable bonds is 12. The maximum atomic E-state index is 13.0. The first-order valence-electron chi connectivity index (χ1n) is 10.7. The number of ether oxygens (including phenoxy) is 2. The van der Waals surface area contributed by atoms with Crippen LogP contribution in [-0.4, -0.2) is 44.5 Å². The number of urea groups is 1. The van der Waals surface area contributed by atoms with Gasteiger partial charge < -0.3 is 31.6 Å². The molecule has 0 bridgehead atoms. The Hall–Kier alpha value is -2.98. The van der Waals surface area contributed by atoms with E-state index in [9.17, 15) is 9.59 Å². The third-order valence-electron chi connectivity index (χ3n) is 4.61. The molecule has 9 nitrogen and oxygen atoms in total. The summed E-state index contributed by atoms with van der Waals surface area (Å²) in [5.74, 6) is -0.350. The number of hydrogen-bond acceptors (Lipinski definition) is 6. The highest BCUT2D eigenvalue weighted by Gasteiger charge is 2.22. The van der Waals surface area contributed by atoms with E-state index in [1.807, 2.05) is 38.1 Å². The van der Waals surface area contributed by atoms with Crippen molar-refractivity contribution in [3.8, 4) is 0 Å². The van der Waals surface area contributed by atoms with Crippen LogP contribution in [0.2, 0.25) is 0 Å². The van der Waals surface area contributed by atoms with Crippen molar-refractivity contribution >= 4 is 23.3 Å². The molecule has 2 aromatic carbocycles. The summed E-state index contributed by atoms with van der Waals surface area (Å²) in [5, 5.41) is 5.42. The van der Waals surface area contributed by atoms with Crippen molar-refractivity contribution in [2.24, 2.45) is 11.5 Å². The van der Waals surface area contributed by atoms with Gasteiger partial charge in [-0.05, 0) is 49.2 Å². The van der Waals surface area contributed by atoms with E-state index in [0.717, 1.165) is 11.1 Å². The van der Waals surface area contributed by atoms with Crippen LogP contribution in [-0.2, 0) is 27.4 Å². The highest BCUT2D eigenvalue weighted by molar-refractivity contribution is 5.98. The van der Waals surface area contributed by atoms with Crippen LogP contribution >= 0.6 is 0 Å². The zero-order chi connectivity index (χ0) is 23.3. The Labute approximate surface area is 189 Å². The zero-order valence-electron chi connectivity index (χ0n) is 18.7. The SMILES string of the molecule is CCOC(CN(C(=O)NCC(=O)Nc1cccc(CN)c1)c1ccc(CN)cc1)OCC. The maximum absolute atomic E-state index is 13.0. The summed E-state index contributed by atoms with van der Waals surface area (Å²) in [6.45, 7) is 5.34. The molecule has 0 aliphatic heterocycles. The molecule has 3 amide bonds. The summed E-state index contributed by atoms with van der Waals surface area (Å²) < 4.78 is 11.2. The maximum Gasteiger partial charge on any atom is 0.322 e. The van der Waals surface area contributed by atoms with Crippen LogP contribution in [0.25, 0.3) is 0 Å². The fourth-order valence-corrected chi connectivity index (χ4v) is 3.02. The molecule has 0 aliphatic carbocycles. The van der Waals surface area contributed by atoms with E-state index in [-0.39, 0.29) is 19.0 Å². The average molecular weight is 444 g/mol. The number of hydrogen-bond donors (Lipinski definition) is 4. The van der Waals surface area contributed by atoms with E-state index >= 15 is 0 Å². The molecule has 0 aliphatic rings. The molecule has 0 aromatic heterocycles. The van der Waals surface area contributed by atoms with Gasteiger partial charge in [-0.1, -0.05) is 24.3 Å². The van der Waals surface area contributed by atoms with Gasteiger partial charge in [-0.15, -0.1) is 0 Å². The monoisotopic (exact) mass is 443 g/mol. The topological polar surface area (TPSA) is 132 Å². The highest BCUT2D eigenvalue weighted by atomic mass is 16.7. The zero-order valence-corrected chi connectivity index (χ0v) is 18.7. The Kier molecular flexibility index (Phi) is 10.6. The minimum absolute atomic E-state index is 0.162. The van der Waals surface area contributed by atoms with Crippen molar-refractivity contribution < 1.29 is 19.1 Å². The van der Waals surface area contributed by atoms with Crippen LogP contribution < -0.4 is 27.0 Å². The van der Waals surface area contributed by atoms with E-state index < -0.39 is 12.3 Å². The lowest BCUT2D eigenvalue weighted by Crippen LogP contribution is -2.47. The van der Waals surface area contributed by atoms with Crippen LogP contribution in [0, 0.1) is 0 Å². The van der Waals surface area contributed by atoms with Crippen LogP contribution in [0.1, 0.15) is 25.0 Å². The number of amides is 3. The highest BCUT2D eigenvalue weighted by Crippen LogP contribution is 2.17. The number of anilines is 2. The Morgan fingerprint density at radius 3 is 2.22 bits per heavy atom. The summed E-state index contributed by atoms with van der Waals surface area (Å²) in [5.41, 5.74) is 14.4. The lowest BCUT2D eigenvalue weighted by atomic mass is 10.2. The van der Waals surface area contributed by atoms with Crippen LogP contribution in [0.15, 0.2) is 48.5 Å². The Morgan fingerprint density at radius 2 is 1.62 bits per heavy atom. The fourth-order valence-electron chi connectivity index (χ4n) is 3.02. The van der Waals surface area contributed by atoms with Crippen LogP contribution in [0.5, 0.6) is 0 Å². The predicted octanol–water partition coefficient (Wildman–Crippen LogP) is 2.16. The second-order valence-electron chi connectivity index (χ2n) is 6.93. The van der Waals surface area contributed by atoms with Crippen molar-refractivity contribution in [3.05, 3.63) is 59.7 Å². The lowest BCUT2D eigenvalue weighted by molar-refractivity contribution is -0.128. The first kappa shape index (κ1) is 25.3. The number of carbonyl (C=O) groups is 2. The Bertz CT molecular complexity index is 854. The number of nitrogens with two attached hydrogens (primary N) is 2. The molecule has 0 radical (unpaired) electrons. The van der Waals surface area contributed by atoms with Gasteiger partial charge in [-0.2, -0.15) is 0 Å². The summed E-state index contributed by atoms with van der Waals surface area (Å²) in [6.07, 6.45) is -0.599. The quantitative estimate of drug-likeness (QED) is 0.372. The molecule has 174 valence electrons. The summed E-state index contributed by atoms with van der Waals surface area (Å²) in [7, 11) is 0. The first-order chi connectivity index (χ1) is 15.5. The molecular formula is C23H33N5O4. The molecule has 0 unspecified atom stereocenters. The lowest BCUT2D eigenvalue weighted by Gasteiger charge is -2.27. The minimum atomic E-state index is -0.599. The molecule has 0 saturated heterocycles. The number of nitrogens with zero attached hydrogens (tertiary/aromatic N) is 1. The van der Waals surface area contributed by atoms with Gasteiger partial charge in [0.05, 0.1) is 13.1 Å². The second kappa shape index (κ2) is 13.4. The normalized spacial score (nSPS) is 10.8. The Morgan fingerprint density at radius 1 is 0.969 bits per heavy atom. The summed E-state index contributed by atoms with van der Waals surface area (Å²) >= 11 is 0. The molecule has 32 heavy (non-hydrogen) atoms. The third kappa shape index (κ3) is 7.93. The van der Waals surface area contributed by atoms with Gasteiger partial charge in [0.25, 0.3) is 0 Å². The van der Waals surface area contributed by atoms with Gasteiger partial charge in [0.15, 0.2) is 6.29 Å². The van der Waals surface area contributed by atoms with Crippen molar-refractivity contribution in [2.45, 2.75) is 33.2 Å². The van der Waals surface area contributed by atoms with Gasteiger partial charge in [-0.25, -0.2) is 4.79 Å². The molecule has 0 fully saturated rings. The van der Waals surface area contributed by atoms with Crippen molar-refractivity contribution in [3.63, 3.8) is 0 Å². The smallest absolute Gasteiger partial charge is 0.322 e. The number of carbonyl (C=O) groups excluding carboxylic acids is 2. The second-order valence-corrected chi connectivity index (χ2v) is 6.93. The molecule has 2 aromatic rings. The van der Waals surface area contributed by atoms with Crippen molar-refractivity contribution in [2.75, 3.05) is 36.5 Å².